The first-order valence-electron chi connectivity index (χ1n) is 6.20. The average Bonchev–Trinajstić information content (AvgIpc) is 2.32. The second-order valence-corrected chi connectivity index (χ2v) is 6.77. The number of hydrogen-bond donors (Lipinski definition) is 1. The van der Waals surface area contributed by atoms with Gasteiger partial charge < -0.3 is 10.0 Å². The van der Waals surface area contributed by atoms with E-state index in [0.29, 0.717) is 12.1 Å². The molecule has 1 aliphatic heterocycles. The first-order chi connectivity index (χ1) is 8.86. The van der Waals surface area contributed by atoms with Crippen LogP contribution >= 0.6 is 0 Å². The molecule has 6 heteroatoms. The Morgan fingerprint density at radius 1 is 1.47 bits per heavy atom. The standard InChI is InChI=1S/C13H17NO4S/c1-3-10-5-4-6-11-13(10)14(7-12(15)16)9(2)8-19(11,17)18/h4-6,9H,3,7-8H2,1-2H3,(H,15,16). The van der Waals surface area contributed by atoms with Crippen molar-refractivity contribution in [1.29, 1.82) is 0 Å². The average molecular weight is 283 g/mol. The molecule has 0 spiro atoms. The number of carboxylic acid groups (broad SMARTS) is 1. The highest BCUT2D eigenvalue weighted by molar-refractivity contribution is 7.91. The Labute approximate surface area is 112 Å². The molecule has 0 aliphatic carbocycles. The van der Waals surface area contributed by atoms with Crippen molar-refractivity contribution in [2.24, 2.45) is 0 Å². The van der Waals surface area contributed by atoms with Gasteiger partial charge in [0.15, 0.2) is 9.84 Å². The van der Waals surface area contributed by atoms with E-state index in [2.05, 4.69) is 0 Å². The van der Waals surface area contributed by atoms with Gasteiger partial charge in [-0.25, -0.2) is 8.42 Å². The molecule has 0 saturated heterocycles. The topological polar surface area (TPSA) is 74.7 Å². The molecule has 1 aliphatic rings. The number of para-hydroxylation sites is 1. The molecular weight excluding hydrogens is 266 g/mol. The quantitative estimate of drug-likeness (QED) is 0.905. The predicted molar refractivity (Wildman–Crippen MR) is 72.3 cm³/mol. The summed E-state index contributed by atoms with van der Waals surface area (Å²) in [6, 6.07) is 4.79. The van der Waals surface area contributed by atoms with E-state index in [1.54, 1.807) is 24.0 Å². The van der Waals surface area contributed by atoms with E-state index in [4.69, 9.17) is 5.11 Å². The van der Waals surface area contributed by atoms with Crippen LogP contribution in [0.5, 0.6) is 0 Å². The summed E-state index contributed by atoms with van der Waals surface area (Å²) in [7, 11) is -3.33. The van der Waals surface area contributed by atoms with Gasteiger partial charge in [0.05, 0.1) is 16.3 Å². The van der Waals surface area contributed by atoms with Gasteiger partial charge in [-0.3, -0.25) is 4.79 Å². The first-order valence-corrected chi connectivity index (χ1v) is 7.85. The van der Waals surface area contributed by atoms with Crippen molar-refractivity contribution in [3.8, 4) is 0 Å². The van der Waals surface area contributed by atoms with E-state index in [1.165, 1.54) is 0 Å². The molecule has 1 atom stereocenters. The third-order valence-corrected chi connectivity index (χ3v) is 5.30. The number of carboxylic acids is 1. The molecule has 19 heavy (non-hydrogen) atoms. The Balaban J connectivity index is 2.66. The molecule has 0 saturated carbocycles. The number of aryl methyl sites for hydroxylation is 1. The molecule has 2 rings (SSSR count). The number of sulfone groups is 1. The Morgan fingerprint density at radius 2 is 2.16 bits per heavy atom. The molecule has 1 N–H and O–H groups in total. The monoisotopic (exact) mass is 283 g/mol. The van der Waals surface area contributed by atoms with Gasteiger partial charge in [0, 0.05) is 6.04 Å². The van der Waals surface area contributed by atoms with Gasteiger partial charge in [0.25, 0.3) is 0 Å². The third-order valence-electron chi connectivity index (χ3n) is 3.38. The zero-order chi connectivity index (χ0) is 14.2. The number of benzene rings is 1. The number of nitrogens with zero attached hydrogens (tertiary/aromatic N) is 1. The van der Waals surface area contributed by atoms with Gasteiger partial charge in [0.2, 0.25) is 0 Å². The van der Waals surface area contributed by atoms with Crippen molar-refractivity contribution in [1.82, 2.24) is 0 Å². The molecule has 0 bridgehead atoms. The van der Waals surface area contributed by atoms with Crippen molar-refractivity contribution in [2.75, 3.05) is 17.2 Å². The Hall–Kier alpha value is -1.56. The molecular formula is C13H17NO4S. The summed E-state index contributed by atoms with van der Waals surface area (Å²) < 4.78 is 24.4. The molecule has 0 aromatic heterocycles. The van der Waals surface area contributed by atoms with Crippen LogP contribution < -0.4 is 4.90 Å². The zero-order valence-corrected chi connectivity index (χ0v) is 11.8. The van der Waals surface area contributed by atoms with Crippen LogP contribution in [-0.2, 0) is 21.1 Å². The van der Waals surface area contributed by atoms with E-state index in [-0.39, 0.29) is 23.2 Å². The number of aliphatic carboxylic acids is 1. The lowest BCUT2D eigenvalue weighted by Gasteiger charge is -2.37. The number of carbonyl (C=O) groups is 1. The Morgan fingerprint density at radius 3 is 2.74 bits per heavy atom. The fourth-order valence-corrected chi connectivity index (χ4v) is 4.35. The van der Waals surface area contributed by atoms with Crippen LogP contribution in [0.3, 0.4) is 0 Å². The van der Waals surface area contributed by atoms with Gasteiger partial charge in [-0.1, -0.05) is 19.1 Å². The highest BCUT2D eigenvalue weighted by Gasteiger charge is 2.35. The lowest BCUT2D eigenvalue weighted by atomic mass is 10.1. The Bertz CT molecular complexity index is 609. The second-order valence-electron chi connectivity index (χ2n) is 4.77. The highest BCUT2D eigenvalue weighted by Crippen LogP contribution is 2.36. The van der Waals surface area contributed by atoms with E-state index < -0.39 is 15.8 Å². The number of anilines is 1. The van der Waals surface area contributed by atoms with Crippen molar-refractivity contribution in [2.45, 2.75) is 31.2 Å². The van der Waals surface area contributed by atoms with Crippen LogP contribution in [0.4, 0.5) is 5.69 Å². The van der Waals surface area contributed by atoms with Gasteiger partial charge in [-0.2, -0.15) is 0 Å². The highest BCUT2D eigenvalue weighted by atomic mass is 32.2. The summed E-state index contributed by atoms with van der Waals surface area (Å²) in [4.78, 5) is 12.9. The van der Waals surface area contributed by atoms with Gasteiger partial charge in [-0.05, 0) is 25.0 Å². The third kappa shape index (κ3) is 2.45. The molecule has 0 radical (unpaired) electrons. The molecule has 1 unspecified atom stereocenters. The summed E-state index contributed by atoms with van der Waals surface area (Å²) in [5.74, 6) is -0.997. The minimum absolute atomic E-state index is 0.0412. The zero-order valence-electron chi connectivity index (χ0n) is 11.0. The van der Waals surface area contributed by atoms with Crippen molar-refractivity contribution in [3.05, 3.63) is 23.8 Å². The van der Waals surface area contributed by atoms with E-state index in [9.17, 15) is 13.2 Å². The fraction of sp³-hybridized carbons (Fsp3) is 0.462. The lowest BCUT2D eigenvalue weighted by molar-refractivity contribution is -0.135. The molecule has 1 aromatic rings. The van der Waals surface area contributed by atoms with Crippen LogP contribution in [-0.4, -0.2) is 37.8 Å². The van der Waals surface area contributed by atoms with Crippen LogP contribution in [0.25, 0.3) is 0 Å². The van der Waals surface area contributed by atoms with E-state index in [0.717, 1.165) is 5.56 Å². The normalized spacial score (nSPS) is 20.9. The van der Waals surface area contributed by atoms with Crippen molar-refractivity contribution < 1.29 is 18.3 Å². The van der Waals surface area contributed by atoms with E-state index >= 15 is 0 Å². The van der Waals surface area contributed by atoms with Crippen molar-refractivity contribution >= 4 is 21.5 Å². The minimum atomic E-state index is -3.33. The number of hydrogen-bond acceptors (Lipinski definition) is 4. The lowest BCUT2D eigenvalue weighted by Crippen LogP contribution is -2.46. The summed E-state index contributed by atoms with van der Waals surface area (Å²) in [6.07, 6.45) is 0.668. The molecule has 0 amide bonds. The minimum Gasteiger partial charge on any atom is -0.480 e. The SMILES string of the molecule is CCc1cccc2c1N(CC(=O)O)C(C)CS2(=O)=O. The van der Waals surface area contributed by atoms with Gasteiger partial charge >= 0.3 is 5.97 Å². The largest absolute Gasteiger partial charge is 0.480 e. The molecule has 0 fully saturated rings. The Kier molecular flexibility index (Phi) is 3.54. The smallest absolute Gasteiger partial charge is 0.323 e. The van der Waals surface area contributed by atoms with Gasteiger partial charge in [0.1, 0.15) is 6.54 Å². The molecule has 104 valence electrons. The van der Waals surface area contributed by atoms with Crippen LogP contribution in [0, 0.1) is 0 Å². The van der Waals surface area contributed by atoms with Gasteiger partial charge in [-0.15, -0.1) is 0 Å². The fourth-order valence-electron chi connectivity index (χ4n) is 2.53. The summed E-state index contributed by atoms with van der Waals surface area (Å²) in [5.41, 5.74) is 1.43. The number of fused-ring (bicyclic) bond motifs is 1. The molecule has 5 nitrogen and oxygen atoms in total. The maximum Gasteiger partial charge on any atom is 0.323 e. The van der Waals surface area contributed by atoms with E-state index in [1.807, 2.05) is 13.0 Å². The summed E-state index contributed by atoms with van der Waals surface area (Å²) >= 11 is 0. The van der Waals surface area contributed by atoms with Crippen LogP contribution in [0.15, 0.2) is 23.1 Å². The molecule has 1 heterocycles. The number of rotatable bonds is 3. The maximum absolute atomic E-state index is 12.2. The first kappa shape index (κ1) is 13.9. The second kappa shape index (κ2) is 4.85. The molecule has 1 aromatic carbocycles. The predicted octanol–water partition coefficient (Wildman–Crippen LogP) is 1.32. The van der Waals surface area contributed by atoms with Crippen LogP contribution in [0.2, 0.25) is 0 Å². The summed E-state index contributed by atoms with van der Waals surface area (Å²) in [6.45, 7) is 3.50. The maximum atomic E-state index is 12.2. The summed E-state index contributed by atoms with van der Waals surface area (Å²) in [5, 5.41) is 9.01. The van der Waals surface area contributed by atoms with Crippen molar-refractivity contribution in [3.63, 3.8) is 0 Å². The van der Waals surface area contributed by atoms with Crippen LogP contribution in [0.1, 0.15) is 19.4 Å².